The molecule has 1 aromatic rings. The highest BCUT2D eigenvalue weighted by molar-refractivity contribution is 5.75. The van der Waals surface area contributed by atoms with Crippen molar-refractivity contribution in [3.8, 4) is 11.8 Å². The van der Waals surface area contributed by atoms with Crippen molar-refractivity contribution in [3.63, 3.8) is 0 Å². The Morgan fingerprint density at radius 1 is 1.23 bits per heavy atom. The maximum absolute atomic E-state index is 12.5. The van der Waals surface area contributed by atoms with Crippen molar-refractivity contribution in [1.29, 1.82) is 5.26 Å². The average Bonchev–Trinajstić information content (AvgIpc) is 3.60. The molecule has 3 heterocycles. The first-order valence-electron chi connectivity index (χ1n) is 12.5. The molecule has 3 aliphatic rings. The van der Waals surface area contributed by atoms with Crippen molar-refractivity contribution in [2.24, 2.45) is 11.3 Å². The van der Waals surface area contributed by atoms with Crippen LogP contribution in [0.5, 0.6) is 5.75 Å². The number of rotatable bonds is 6. The van der Waals surface area contributed by atoms with Crippen LogP contribution in [0.4, 0.5) is 4.79 Å². The Labute approximate surface area is 207 Å². The fourth-order valence-electron chi connectivity index (χ4n) is 4.90. The number of piperidine rings is 1. The maximum atomic E-state index is 12.5. The summed E-state index contributed by atoms with van der Waals surface area (Å²) < 4.78 is 16.8. The second kappa shape index (κ2) is 10.0. The minimum Gasteiger partial charge on any atom is -0.495 e. The zero-order valence-corrected chi connectivity index (χ0v) is 21.2. The monoisotopic (exact) mass is 484 g/mol. The van der Waals surface area contributed by atoms with Gasteiger partial charge < -0.3 is 19.1 Å². The van der Waals surface area contributed by atoms with Crippen molar-refractivity contribution in [2.75, 3.05) is 39.8 Å². The highest BCUT2D eigenvalue weighted by Gasteiger charge is 2.43. The number of hydrogen-bond donors (Lipinski definition) is 0. The predicted octanol–water partition coefficient (Wildman–Crippen LogP) is 3.68. The van der Waals surface area contributed by atoms with Gasteiger partial charge in [0.05, 0.1) is 18.7 Å². The summed E-state index contributed by atoms with van der Waals surface area (Å²) in [5, 5.41) is 9.28. The van der Waals surface area contributed by atoms with Gasteiger partial charge in [-0.05, 0) is 71.4 Å². The summed E-state index contributed by atoms with van der Waals surface area (Å²) in [5.74, 6) is 0.230. The largest absolute Gasteiger partial charge is 0.495 e. The van der Waals surface area contributed by atoms with E-state index >= 15 is 0 Å². The number of aromatic nitrogens is 1. The first-order chi connectivity index (χ1) is 16.6. The lowest BCUT2D eigenvalue weighted by molar-refractivity contribution is -0.152. The first-order valence-corrected chi connectivity index (χ1v) is 12.5. The van der Waals surface area contributed by atoms with E-state index in [-0.39, 0.29) is 23.4 Å². The Bertz CT molecular complexity index is 986. The zero-order chi connectivity index (χ0) is 25.2. The van der Waals surface area contributed by atoms with Gasteiger partial charge in [-0.25, -0.2) is 4.79 Å². The number of nitrogens with zero attached hydrogens (tertiary/aromatic N) is 4. The molecule has 0 aromatic carbocycles. The van der Waals surface area contributed by atoms with Crippen LogP contribution in [0.25, 0.3) is 0 Å². The van der Waals surface area contributed by atoms with Crippen LogP contribution in [0.3, 0.4) is 0 Å². The standard InChI is InChI=1S/C26H36N4O5/c1-25(2,3)35-24(32)30-12-9-26(17-30)7-10-29(11-8-26)16-22(34-23(31)18-5-6-18)20-13-21(33-4)19(14-27)15-28-20/h13,15,18,22H,5-12,16-17H2,1-4H3/t22-/m0/s1. The van der Waals surface area contributed by atoms with Crippen molar-refractivity contribution in [3.05, 3.63) is 23.5 Å². The molecule has 2 saturated heterocycles. The van der Waals surface area contributed by atoms with Gasteiger partial charge in [0.1, 0.15) is 23.0 Å². The normalized spacial score (nSPS) is 20.8. The Balaban J connectivity index is 1.39. The molecule has 1 spiro atoms. The second-order valence-corrected chi connectivity index (χ2v) is 11.1. The molecule has 1 atom stereocenters. The summed E-state index contributed by atoms with van der Waals surface area (Å²) in [4.78, 5) is 33.6. The molecule has 2 aliphatic heterocycles. The molecule has 0 N–H and O–H groups in total. The van der Waals surface area contributed by atoms with Crippen LogP contribution in [-0.2, 0) is 14.3 Å². The van der Waals surface area contributed by atoms with Gasteiger partial charge in [0, 0.05) is 31.9 Å². The lowest BCUT2D eigenvalue weighted by Crippen LogP contribution is -2.44. The predicted molar refractivity (Wildman–Crippen MR) is 128 cm³/mol. The number of esters is 1. The number of hydrogen-bond acceptors (Lipinski definition) is 8. The third-order valence-electron chi connectivity index (χ3n) is 7.16. The number of nitriles is 1. The number of methoxy groups -OCH3 is 1. The van der Waals surface area contributed by atoms with Crippen LogP contribution < -0.4 is 4.74 Å². The molecule has 9 nitrogen and oxygen atoms in total. The SMILES string of the molecule is COc1cc([C@H](CN2CCC3(CC2)CCN(C(=O)OC(C)(C)C)C3)OC(=O)C2CC2)ncc1C#N. The molecule has 9 heteroatoms. The molecule has 1 aromatic heterocycles. The van der Waals surface area contributed by atoms with E-state index in [2.05, 4.69) is 16.0 Å². The topological polar surface area (TPSA) is 105 Å². The minimum absolute atomic E-state index is 0.0141. The van der Waals surface area contributed by atoms with Gasteiger partial charge >= 0.3 is 12.1 Å². The van der Waals surface area contributed by atoms with Gasteiger partial charge in [0.25, 0.3) is 0 Å². The van der Waals surface area contributed by atoms with E-state index in [1.807, 2.05) is 25.7 Å². The molecule has 1 saturated carbocycles. The summed E-state index contributed by atoms with van der Waals surface area (Å²) in [6.07, 6.45) is 5.38. The molecule has 35 heavy (non-hydrogen) atoms. The van der Waals surface area contributed by atoms with E-state index in [4.69, 9.17) is 14.2 Å². The lowest BCUT2D eigenvalue weighted by atomic mass is 9.77. The van der Waals surface area contributed by atoms with Crippen LogP contribution in [0, 0.1) is 22.7 Å². The van der Waals surface area contributed by atoms with Gasteiger partial charge in [-0.15, -0.1) is 0 Å². The molecule has 190 valence electrons. The molecular weight excluding hydrogens is 448 g/mol. The summed E-state index contributed by atoms with van der Waals surface area (Å²) in [6, 6.07) is 3.77. The highest BCUT2D eigenvalue weighted by Crippen LogP contribution is 2.41. The summed E-state index contributed by atoms with van der Waals surface area (Å²) in [7, 11) is 1.51. The van der Waals surface area contributed by atoms with E-state index in [1.54, 1.807) is 6.07 Å². The van der Waals surface area contributed by atoms with Crippen LogP contribution in [-0.4, -0.2) is 72.3 Å². The fraction of sp³-hybridized carbons (Fsp3) is 0.692. The van der Waals surface area contributed by atoms with Crippen LogP contribution in [0.15, 0.2) is 12.3 Å². The number of carbonyl (C=O) groups is 2. The van der Waals surface area contributed by atoms with E-state index in [1.165, 1.54) is 13.3 Å². The van der Waals surface area contributed by atoms with Crippen molar-refractivity contribution >= 4 is 12.1 Å². The quantitative estimate of drug-likeness (QED) is 0.563. The van der Waals surface area contributed by atoms with Crippen molar-refractivity contribution in [1.82, 2.24) is 14.8 Å². The molecule has 0 unspecified atom stereocenters. The van der Waals surface area contributed by atoms with E-state index in [9.17, 15) is 14.9 Å². The third-order valence-corrected chi connectivity index (χ3v) is 7.16. The second-order valence-electron chi connectivity index (χ2n) is 11.1. The molecular formula is C26H36N4O5. The third kappa shape index (κ3) is 6.23. The highest BCUT2D eigenvalue weighted by atomic mass is 16.6. The zero-order valence-electron chi connectivity index (χ0n) is 21.2. The molecule has 0 bridgehead atoms. The van der Waals surface area contributed by atoms with Crippen LogP contribution in [0.1, 0.15) is 70.2 Å². The average molecular weight is 485 g/mol. The van der Waals surface area contributed by atoms with Gasteiger partial charge in [-0.2, -0.15) is 5.26 Å². The first kappa shape index (κ1) is 25.2. The van der Waals surface area contributed by atoms with E-state index in [0.29, 0.717) is 23.6 Å². The Hall–Kier alpha value is -2.86. The van der Waals surface area contributed by atoms with Crippen molar-refractivity contribution in [2.45, 2.75) is 64.6 Å². The summed E-state index contributed by atoms with van der Waals surface area (Å²) in [6.45, 7) is 9.36. The van der Waals surface area contributed by atoms with Crippen LogP contribution >= 0.6 is 0 Å². The van der Waals surface area contributed by atoms with Crippen molar-refractivity contribution < 1.29 is 23.8 Å². The molecule has 1 amide bonds. The molecule has 1 aliphatic carbocycles. The maximum Gasteiger partial charge on any atom is 0.410 e. The van der Waals surface area contributed by atoms with Gasteiger partial charge in [0.15, 0.2) is 6.10 Å². The molecule has 0 radical (unpaired) electrons. The number of carbonyl (C=O) groups excluding carboxylic acids is 2. The Morgan fingerprint density at radius 2 is 1.91 bits per heavy atom. The Morgan fingerprint density at radius 3 is 2.51 bits per heavy atom. The van der Waals surface area contributed by atoms with E-state index < -0.39 is 11.7 Å². The number of ether oxygens (including phenoxy) is 3. The summed E-state index contributed by atoms with van der Waals surface area (Å²) >= 11 is 0. The fourth-order valence-corrected chi connectivity index (χ4v) is 4.90. The van der Waals surface area contributed by atoms with E-state index in [0.717, 1.165) is 58.3 Å². The number of likely N-dealkylation sites (tertiary alicyclic amines) is 2. The molecule has 3 fully saturated rings. The van der Waals surface area contributed by atoms with Gasteiger partial charge in [0.2, 0.25) is 0 Å². The summed E-state index contributed by atoms with van der Waals surface area (Å²) in [5.41, 5.74) is 0.556. The van der Waals surface area contributed by atoms with Gasteiger partial charge in [-0.3, -0.25) is 14.7 Å². The van der Waals surface area contributed by atoms with Gasteiger partial charge in [-0.1, -0.05) is 0 Å². The number of pyridine rings is 1. The van der Waals surface area contributed by atoms with Crippen LogP contribution in [0.2, 0.25) is 0 Å². The lowest BCUT2D eigenvalue weighted by Gasteiger charge is -2.40. The minimum atomic E-state index is -0.527. The molecule has 4 rings (SSSR count). The number of amides is 1. The Kier molecular flexibility index (Phi) is 7.22. The smallest absolute Gasteiger partial charge is 0.410 e.